The van der Waals surface area contributed by atoms with Gasteiger partial charge in [0.05, 0.1) is 32.4 Å². The topological polar surface area (TPSA) is 106 Å². The first-order valence-corrected chi connectivity index (χ1v) is 10.6. The zero-order valence-corrected chi connectivity index (χ0v) is 16.5. The molecule has 2 N–H and O–H groups in total. The van der Waals surface area contributed by atoms with E-state index in [0.717, 1.165) is 29.5 Å². The fourth-order valence-corrected chi connectivity index (χ4v) is 5.00. The van der Waals surface area contributed by atoms with Gasteiger partial charge in [0, 0.05) is 11.6 Å². The van der Waals surface area contributed by atoms with E-state index < -0.39 is 49.0 Å². The highest BCUT2D eigenvalue weighted by molar-refractivity contribution is 7.92. The lowest BCUT2D eigenvalue weighted by Gasteiger charge is -2.13. The number of nitrogens with one attached hydrogen (secondary N) is 1. The molecular formula is C17H9ClF2N2O5S2. The van der Waals surface area contributed by atoms with Crippen molar-refractivity contribution in [2.45, 2.75) is 11.5 Å². The van der Waals surface area contributed by atoms with E-state index in [1.165, 1.54) is 5.51 Å². The number of phenols is 1. The summed E-state index contributed by atoms with van der Waals surface area (Å²) in [6.07, 6.45) is 0. The normalized spacial score (nSPS) is 15.2. The van der Waals surface area contributed by atoms with Crippen LogP contribution in [-0.4, -0.2) is 24.5 Å². The van der Waals surface area contributed by atoms with Crippen molar-refractivity contribution in [2.24, 2.45) is 0 Å². The first-order valence-electron chi connectivity index (χ1n) is 7.81. The molecule has 4 bridgehead atoms. The van der Waals surface area contributed by atoms with Crippen LogP contribution in [0.5, 0.6) is 5.75 Å². The summed E-state index contributed by atoms with van der Waals surface area (Å²) < 4.78 is 61.2. The van der Waals surface area contributed by atoms with Crippen molar-refractivity contribution in [3.05, 3.63) is 57.7 Å². The van der Waals surface area contributed by atoms with E-state index in [1.807, 2.05) is 4.72 Å². The summed E-state index contributed by atoms with van der Waals surface area (Å²) >= 11 is 6.85. The summed E-state index contributed by atoms with van der Waals surface area (Å²) in [5.74, 6) is -3.91. The smallest absolute Gasteiger partial charge is 0.338 e. The third-order valence-corrected chi connectivity index (χ3v) is 6.65. The van der Waals surface area contributed by atoms with Gasteiger partial charge in [-0.3, -0.25) is 4.72 Å². The quantitative estimate of drug-likeness (QED) is 0.495. The van der Waals surface area contributed by atoms with Crippen molar-refractivity contribution in [2.75, 3.05) is 4.72 Å². The summed E-state index contributed by atoms with van der Waals surface area (Å²) in [6.45, 7) is -0.349. The van der Waals surface area contributed by atoms with Gasteiger partial charge in [-0.25, -0.2) is 27.0 Å². The van der Waals surface area contributed by atoms with Crippen molar-refractivity contribution < 1.29 is 31.8 Å². The molecule has 29 heavy (non-hydrogen) atoms. The van der Waals surface area contributed by atoms with Crippen LogP contribution in [0.2, 0.25) is 5.02 Å². The van der Waals surface area contributed by atoms with E-state index in [2.05, 4.69) is 4.98 Å². The molecule has 2 heterocycles. The summed E-state index contributed by atoms with van der Waals surface area (Å²) in [4.78, 5) is 15.9. The number of nitrogens with zero attached hydrogens (tertiary/aromatic N) is 1. The molecule has 7 nitrogen and oxygen atoms in total. The van der Waals surface area contributed by atoms with E-state index in [1.54, 1.807) is 0 Å². The Morgan fingerprint density at radius 2 is 1.97 bits per heavy atom. The molecule has 0 saturated heterocycles. The maximum Gasteiger partial charge on any atom is 0.338 e. The largest absolute Gasteiger partial charge is 0.505 e. The van der Waals surface area contributed by atoms with E-state index >= 15 is 0 Å². The van der Waals surface area contributed by atoms with Crippen molar-refractivity contribution in [1.29, 1.82) is 0 Å². The minimum Gasteiger partial charge on any atom is -0.505 e. The average molecular weight is 459 g/mol. The van der Waals surface area contributed by atoms with Gasteiger partial charge in [-0.05, 0) is 18.2 Å². The van der Waals surface area contributed by atoms with E-state index in [4.69, 9.17) is 16.3 Å². The Morgan fingerprint density at radius 1 is 1.21 bits per heavy atom. The first kappa shape index (κ1) is 19.6. The van der Waals surface area contributed by atoms with Gasteiger partial charge < -0.3 is 9.84 Å². The van der Waals surface area contributed by atoms with Crippen LogP contribution in [-0.2, 0) is 21.4 Å². The third kappa shape index (κ3) is 3.41. The van der Waals surface area contributed by atoms with E-state index in [9.17, 15) is 27.1 Å². The molecule has 0 atom stereocenters. The standard InChI is InChI=1S/C17H9ClF2N2O5S2/c18-9-1-7-2-14(15(9)23)29(25,26)22-12-3-8(10(19)4-11(12)20)16-13(21-6-28-16)5-27-17(7)24/h1-4,6,22-23H,5H2. The Morgan fingerprint density at radius 3 is 2.72 bits per heavy atom. The maximum atomic E-state index is 14.4. The van der Waals surface area contributed by atoms with Gasteiger partial charge in [-0.15, -0.1) is 11.3 Å². The van der Waals surface area contributed by atoms with Crippen LogP contribution in [0.15, 0.2) is 34.7 Å². The molecule has 0 radical (unpaired) electrons. The van der Waals surface area contributed by atoms with Gasteiger partial charge in [-0.2, -0.15) is 0 Å². The predicted molar refractivity (Wildman–Crippen MR) is 101 cm³/mol. The van der Waals surface area contributed by atoms with E-state index in [-0.39, 0.29) is 28.3 Å². The Labute approximate surface area is 171 Å². The number of hydrogen-bond acceptors (Lipinski definition) is 7. The Kier molecular flexibility index (Phi) is 4.68. The second-order valence-electron chi connectivity index (χ2n) is 5.93. The van der Waals surface area contributed by atoms with Gasteiger partial charge in [0.2, 0.25) is 0 Å². The van der Waals surface area contributed by atoms with Crippen LogP contribution in [0.4, 0.5) is 14.5 Å². The second kappa shape index (κ2) is 6.94. The number of cyclic esters (lactones) is 1. The average Bonchev–Trinajstić information content (AvgIpc) is 3.11. The number of benzene rings is 2. The number of thiazole rings is 1. The Balaban J connectivity index is 2.00. The van der Waals surface area contributed by atoms with Crippen LogP contribution in [0.25, 0.3) is 10.4 Å². The summed E-state index contributed by atoms with van der Waals surface area (Å²) in [6, 6.07) is 3.35. The number of fused-ring (bicyclic) bond motifs is 6. The molecule has 2 aromatic carbocycles. The number of anilines is 1. The molecule has 0 saturated carbocycles. The van der Waals surface area contributed by atoms with Crippen LogP contribution >= 0.6 is 22.9 Å². The maximum absolute atomic E-state index is 14.4. The zero-order valence-electron chi connectivity index (χ0n) is 14.1. The van der Waals surface area contributed by atoms with Gasteiger partial charge in [0.25, 0.3) is 10.0 Å². The number of ether oxygens (including phenoxy) is 1. The fourth-order valence-electron chi connectivity index (χ4n) is 2.71. The lowest BCUT2D eigenvalue weighted by atomic mass is 10.1. The van der Waals surface area contributed by atoms with Crippen LogP contribution in [0.1, 0.15) is 16.1 Å². The minimum absolute atomic E-state index is 0.133. The van der Waals surface area contributed by atoms with Crippen molar-refractivity contribution in [3.63, 3.8) is 0 Å². The van der Waals surface area contributed by atoms with Crippen LogP contribution < -0.4 is 4.72 Å². The van der Waals surface area contributed by atoms with Gasteiger partial charge >= 0.3 is 5.97 Å². The molecule has 150 valence electrons. The Hall–Kier alpha value is -2.76. The number of carbonyl (C=O) groups excluding carboxylic acids is 1. The number of aromatic nitrogens is 1. The zero-order chi connectivity index (χ0) is 20.9. The molecule has 0 aliphatic carbocycles. The van der Waals surface area contributed by atoms with Crippen molar-refractivity contribution in [3.8, 4) is 16.2 Å². The Bertz CT molecular complexity index is 1280. The molecule has 4 rings (SSSR count). The highest BCUT2D eigenvalue weighted by Gasteiger charge is 2.27. The number of phenolic OH excluding ortho intramolecular Hbond substituents is 1. The molecule has 1 aliphatic heterocycles. The summed E-state index contributed by atoms with van der Waals surface area (Å²) in [7, 11) is -4.60. The SMILES string of the molecule is O=C1OCc2ncsc2-c2cc(c(F)cc2F)NS(=O)(=O)c2cc1cc(Cl)c2O. The number of aromatic hydroxyl groups is 1. The molecule has 12 heteroatoms. The highest BCUT2D eigenvalue weighted by atomic mass is 35.5. The number of carbonyl (C=O) groups is 1. The molecule has 0 unspecified atom stereocenters. The molecule has 1 aromatic heterocycles. The van der Waals surface area contributed by atoms with Gasteiger partial charge in [0.1, 0.15) is 23.1 Å². The molecule has 0 fully saturated rings. The summed E-state index contributed by atoms with van der Waals surface area (Å²) in [5, 5.41) is 9.64. The second-order valence-corrected chi connectivity index (χ2v) is 8.84. The number of esters is 1. The first-order chi connectivity index (χ1) is 13.7. The summed E-state index contributed by atoms with van der Waals surface area (Å²) in [5.41, 5.74) is 0.626. The van der Waals surface area contributed by atoms with Crippen molar-refractivity contribution >= 4 is 44.6 Å². The number of hydrogen-bond donors (Lipinski definition) is 2. The number of sulfonamides is 1. The van der Waals surface area contributed by atoms with E-state index in [0.29, 0.717) is 6.07 Å². The van der Waals surface area contributed by atoms with Gasteiger partial charge in [-0.1, -0.05) is 11.6 Å². The fraction of sp³-hybridized carbons (Fsp3) is 0.0588. The monoisotopic (exact) mass is 458 g/mol. The highest BCUT2D eigenvalue weighted by Crippen LogP contribution is 2.37. The minimum atomic E-state index is -4.60. The van der Waals surface area contributed by atoms with Crippen LogP contribution in [0.3, 0.4) is 0 Å². The molecule has 0 amide bonds. The predicted octanol–water partition coefficient (Wildman–Crippen LogP) is 3.92. The lowest BCUT2D eigenvalue weighted by Crippen LogP contribution is -2.15. The molecule has 1 aliphatic rings. The van der Waals surface area contributed by atoms with Crippen molar-refractivity contribution in [1.82, 2.24) is 4.98 Å². The third-order valence-electron chi connectivity index (χ3n) is 4.08. The van der Waals surface area contributed by atoms with Gasteiger partial charge in [0.15, 0.2) is 5.75 Å². The number of halogens is 3. The number of rotatable bonds is 0. The molecular weight excluding hydrogens is 450 g/mol. The van der Waals surface area contributed by atoms with Crippen LogP contribution in [0, 0.1) is 11.6 Å². The molecule has 3 aromatic rings. The lowest BCUT2D eigenvalue weighted by molar-refractivity contribution is 0.0468. The molecule has 0 spiro atoms.